The van der Waals surface area contributed by atoms with Crippen molar-refractivity contribution in [3.8, 4) is 0 Å². The molecule has 6 N–H and O–H groups in total. The van der Waals surface area contributed by atoms with E-state index in [0.717, 1.165) is 70.6 Å². The number of aliphatic hydroxyl groups is 5. The standard InChI is InChI=1S/C54H95O13P/c1-3-5-7-9-11-13-15-17-19-21-23-25-26-28-30-32-34-36-38-40-42-47(55)64-44-46(45-65-68(62,63)67-54-52(60)50(58)49(57)51(59)53(54)61)66-48(56)43-41-39-37-35-33-31-29-27-24-22-20-18-16-14-12-10-8-6-4-2/h6,8,12,14,18,20,24,27,31,33,46,49-54,57-61H,3-5,7,9-11,13,15-17,19,21-23,25-26,28-30,32,34-45H2,1-2H3,(H,62,63)/b8-6-,14-12-,20-18-,27-24-,33-31-. The van der Waals surface area contributed by atoms with Gasteiger partial charge in [-0.1, -0.05) is 203 Å². The van der Waals surface area contributed by atoms with Crippen LogP contribution in [0.5, 0.6) is 0 Å². The van der Waals surface area contributed by atoms with E-state index in [1.807, 2.05) is 0 Å². The molecule has 13 nitrogen and oxygen atoms in total. The van der Waals surface area contributed by atoms with Crippen LogP contribution >= 0.6 is 7.82 Å². The summed E-state index contributed by atoms with van der Waals surface area (Å²) in [7, 11) is -5.13. The first-order chi connectivity index (χ1) is 32.9. The first kappa shape index (κ1) is 63.6. The molecule has 1 rings (SSSR count). The van der Waals surface area contributed by atoms with Crippen LogP contribution in [0.3, 0.4) is 0 Å². The van der Waals surface area contributed by atoms with Crippen LogP contribution in [-0.2, 0) is 32.7 Å². The summed E-state index contributed by atoms with van der Waals surface area (Å²) in [6, 6.07) is 0. The van der Waals surface area contributed by atoms with Gasteiger partial charge in [-0.15, -0.1) is 0 Å². The third-order valence-corrected chi connectivity index (χ3v) is 13.1. The lowest BCUT2D eigenvalue weighted by Gasteiger charge is -2.41. The third kappa shape index (κ3) is 34.8. The Labute approximate surface area is 411 Å². The number of unbranched alkanes of at least 4 members (excludes halogenated alkanes) is 22. The Kier molecular flexibility index (Phi) is 40.5. The molecule has 14 heteroatoms. The lowest BCUT2D eigenvalue weighted by molar-refractivity contribution is -0.220. The van der Waals surface area contributed by atoms with Crippen molar-refractivity contribution in [2.45, 2.75) is 256 Å². The number of carbonyl (C=O) groups excluding carboxylic acids is 2. The Morgan fingerprint density at radius 1 is 0.471 bits per heavy atom. The van der Waals surface area contributed by atoms with E-state index in [1.165, 1.54) is 103 Å². The van der Waals surface area contributed by atoms with Crippen molar-refractivity contribution in [2.75, 3.05) is 13.2 Å². The van der Waals surface area contributed by atoms with Crippen LogP contribution in [0.25, 0.3) is 0 Å². The first-order valence-electron chi connectivity index (χ1n) is 26.6. The van der Waals surface area contributed by atoms with E-state index in [1.54, 1.807) is 0 Å². The lowest BCUT2D eigenvalue weighted by Crippen LogP contribution is -2.64. The van der Waals surface area contributed by atoms with Gasteiger partial charge >= 0.3 is 19.8 Å². The fourth-order valence-corrected chi connectivity index (χ4v) is 8.88. The quantitative estimate of drug-likeness (QED) is 0.0145. The first-order valence-corrected chi connectivity index (χ1v) is 28.1. The van der Waals surface area contributed by atoms with Crippen LogP contribution in [0.4, 0.5) is 0 Å². The summed E-state index contributed by atoms with van der Waals surface area (Å²) >= 11 is 0. The molecule has 1 aliphatic carbocycles. The largest absolute Gasteiger partial charge is 0.472 e. The molecule has 0 aliphatic heterocycles. The fourth-order valence-electron chi connectivity index (χ4n) is 7.90. The van der Waals surface area contributed by atoms with Gasteiger partial charge in [-0.05, 0) is 57.8 Å². The average Bonchev–Trinajstić information content (AvgIpc) is 3.32. The second-order valence-corrected chi connectivity index (χ2v) is 19.8. The van der Waals surface area contributed by atoms with Gasteiger partial charge in [0, 0.05) is 12.8 Å². The van der Waals surface area contributed by atoms with Gasteiger partial charge in [0.25, 0.3) is 0 Å². The minimum Gasteiger partial charge on any atom is -0.462 e. The predicted molar refractivity (Wildman–Crippen MR) is 272 cm³/mol. The van der Waals surface area contributed by atoms with Crippen LogP contribution in [-0.4, -0.2) is 98.3 Å². The van der Waals surface area contributed by atoms with Crippen molar-refractivity contribution in [3.63, 3.8) is 0 Å². The Morgan fingerprint density at radius 3 is 1.28 bits per heavy atom. The maximum Gasteiger partial charge on any atom is 0.472 e. The van der Waals surface area contributed by atoms with E-state index in [0.29, 0.717) is 12.8 Å². The van der Waals surface area contributed by atoms with Gasteiger partial charge in [0.2, 0.25) is 0 Å². The molecule has 0 aromatic carbocycles. The van der Waals surface area contributed by atoms with Crippen molar-refractivity contribution in [1.82, 2.24) is 0 Å². The molecule has 68 heavy (non-hydrogen) atoms. The second-order valence-electron chi connectivity index (χ2n) is 18.4. The summed E-state index contributed by atoms with van der Waals surface area (Å²) in [5.74, 6) is -1.13. The van der Waals surface area contributed by atoms with E-state index >= 15 is 0 Å². The molecule has 1 aliphatic rings. The zero-order valence-electron chi connectivity index (χ0n) is 42.1. The highest BCUT2D eigenvalue weighted by molar-refractivity contribution is 7.47. The number of ether oxygens (including phenoxy) is 2. The zero-order valence-corrected chi connectivity index (χ0v) is 43.0. The van der Waals surface area contributed by atoms with E-state index in [9.17, 15) is 44.6 Å². The Hall–Kier alpha value is -2.45. The maximum absolute atomic E-state index is 12.9. The van der Waals surface area contributed by atoms with E-state index in [2.05, 4.69) is 74.6 Å². The molecule has 6 unspecified atom stereocenters. The van der Waals surface area contributed by atoms with Gasteiger partial charge in [-0.25, -0.2) is 4.57 Å². The smallest absolute Gasteiger partial charge is 0.462 e. The molecule has 0 amide bonds. The number of hydrogen-bond acceptors (Lipinski definition) is 12. The molecule has 0 saturated heterocycles. The highest BCUT2D eigenvalue weighted by atomic mass is 31.2. The Bertz CT molecular complexity index is 1420. The van der Waals surface area contributed by atoms with Gasteiger partial charge in [0.1, 0.15) is 43.2 Å². The predicted octanol–water partition coefficient (Wildman–Crippen LogP) is 11.7. The average molecular weight is 983 g/mol. The van der Waals surface area contributed by atoms with Gasteiger partial charge in [-0.3, -0.25) is 18.6 Å². The maximum atomic E-state index is 12.9. The number of aliphatic hydroxyl groups excluding tert-OH is 5. The molecule has 0 heterocycles. The number of hydrogen-bond donors (Lipinski definition) is 6. The summed E-state index contributed by atoms with van der Waals surface area (Å²) in [4.78, 5) is 35.9. The van der Waals surface area contributed by atoms with E-state index in [4.69, 9.17) is 18.5 Å². The van der Waals surface area contributed by atoms with Gasteiger partial charge in [0.05, 0.1) is 6.61 Å². The van der Waals surface area contributed by atoms with Crippen LogP contribution in [0, 0.1) is 0 Å². The van der Waals surface area contributed by atoms with Crippen LogP contribution < -0.4 is 0 Å². The summed E-state index contributed by atoms with van der Waals surface area (Å²) < 4.78 is 33.6. The minimum absolute atomic E-state index is 0.0569. The highest BCUT2D eigenvalue weighted by Gasteiger charge is 2.51. The summed E-state index contributed by atoms with van der Waals surface area (Å²) in [6.07, 6.45) is 41.2. The van der Waals surface area contributed by atoms with Gasteiger partial charge in [0.15, 0.2) is 6.10 Å². The molecule has 0 aromatic heterocycles. The Balaban J connectivity index is 2.40. The van der Waals surface area contributed by atoms with Gasteiger partial charge < -0.3 is 39.9 Å². The topological polar surface area (TPSA) is 210 Å². The number of phosphoric ester groups is 1. The molecule has 0 aromatic rings. The Morgan fingerprint density at radius 2 is 0.838 bits per heavy atom. The lowest BCUT2D eigenvalue weighted by atomic mass is 9.85. The molecular formula is C54H95O13P. The summed E-state index contributed by atoms with van der Waals surface area (Å²) in [5.41, 5.74) is 0. The molecule has 1 fully saturated rings. The zero-order chi connectivity index (χ0) is 49.9. The number of carbonyl (C=O) groups is 2. The molecule has 6 atom stereocenters. The van der Waals surface area contributed by atoms with E-state index in [-0.39, 0.29) is 12.8 Å². The second kappa shape index (κ2) is 43.3. The number of rotatable bonds is 44. The van der Waals surface area contributed by atoms with Crippen LogP contribution in [0.2, 0.25) is 0 Å². The van der Waals surface area contributed by atoms with Gasteiger partial charge in [-0.2, -0.15) is 0 Å². The molecule has 0 bridgehead atoms. The number of allylic oxidation sites excluding steroid dienone is 10. The third-order valence-electron chi connectivity index (χ3n) is 12.1. The van der Waals surface area contributed by atoms with Crippen molar-refractivity contribution >= 4 is 19.8 Å². The minimum atomic E-state index is -5.13. The van der Waals surface area contributed by atoms with Crippen molar-refractivity contribution in [3.05, 3.63) is 60.8 Å². The molecular weight excluding hydrogens is 888 g/mol. The van der Waals surface area contributed by atoms with Crippen molar-refractivity contribution in [1.29, 1.82) is 0 Å². The molecule has 394 valence electrons. The molecule has 0 radical (unpaired) electrons. The van der Waals surface area contributed by atoms with E-state index < -0.39 is 75.7 Å². The summed E-state index contributed by atoms with van der Waals surface area (Å²) in [6.45, 7) is 3.19. The van der Waals surface area contributed by atoms with Crippen LogP contribution in [0.15, 0.2) is 60.8 Å². The van der Waals surface area contributed by atoms with Crippen molar-refractivity contribution in [2.24, 2.45) is 0 Å². The number of esters is 2. The molecule has 0 spiro atoms. The normalized spacial score (nSPS) is 21.5. The van der Waals surface area contributed by atoms with Crippen molar-refractivity contribution < 1.29 is 63.1 Å². The SMILES string of the molecule is CC/C=C\C/C=C\C/C=C\C/C=C\C/C=C\CCCCCC(=O)OC(COC(=O)CCCCCCCCCCCCCCCCCCCCCC)COP(=O)(O)OC1C(O)C(O)C(O)C(O)C1O. The fraction of sp³-hybridized carbons (Fsp3) is 0.778. The number of phosphoric acid groups is 1. The highest BCUT2D eigenvalue weighted by Crippen LogP contribution is 2.47. The van der Waals surface area contributed by atoms with Crippen LogP contribution in [0.1, 0.15) is 213 Å². The molecule has 1 saturated carbocycles. The monoisotopic (exact) mass is 983 g/mol. The summed E-state index contributed by atoms with van der Waals surface area (Å²) in [5, 5.41) is 50.3.